The van der Waals surface area contributed by atoms with Crippen molar-refractivity contribution in [1.82, 2.24) is 25.1 Å². The molecular formula is C22H26FN5. The molecule has 1 fully saturated rings. The van der Waals surface area contributed by atoms with E-state index >= 15 is 0 Å². The standard InChI is InChI=1S/C22H26FN5/c1-17-11-14-27(15-12-17)21(19-7-9-20(23)10-8-19)22-24-25-26-28(22)16-13-18-5-3-2-4-6-18/h2-10,17,21H,11-16H2,1H3/t21-/m1/s1. The van der Waals surface area contributed by atoms with Crippen LogP contribution in [0.15, 0.2) is 54.6 Å². The van der Waals surface area contributed by atoms with Gasteiger partial charge in [-0.3, -0.25) is 4.90 Å². The predicted octanol–water partition coefficient (Wildman–Crippen LogP) is 3.88. The maximum Gasteiger partial charge on any atom is 0.173 e. The lowest BCUT2D eigenvalue weighted by molar-refractivity contribution is 0.149. The van der Waals surface area contributed by atoms with Gasteiger partial charge in [0.2, 0.25) is 0 Å². The highest BCUT2D eigenvalue weighted by molar-refractivity contribution is 5.25. The highest BCUT2D eigenvalue weighted by atomic mass is 19.1. The first kappa shape index (κ1) is 18.7. The van der Waals surface area contributed by atoms with E-state index in [1.165, 1.54) is 17.7 Å². The zero-order valence-electron chi connectivity index (χ0n) is 16.2. The molecule has 0 amide bonds. The summed E-state index contributed by atoms with van der Waals surface area (Å²) >= 11 is 0. The Kier molecular flexibility index (Phi) is 5.76. The van der Waals surface area contributed by atoms with E-state index in [-0.39, 0.29) is 11.9 Å². The second-order valence-corrected chi connectivity index (χ2v) is 7.67. The number of piperidine rings is 1. The van der Waals surface area contributed by atoms with Crippen LogP contribution in [-0.2, 0) is 13.0 Å². The van der Waals surface area contributed by atoms with Crippen LogP contribution >= 0.6 is 0 Å². The molecule has 6 heteroatoms. The second-order valence-electron chi connectivity index (χ2n) is 7.67. The number of hydrogen-bond acceptors (Lipinski definition) is 4. The number of aryl methyl sites for hydroxylation is 2. The average Bonchev–Trinajstić information content (AvgIpc) is 3.18. The third kappa shape index (κ3) is 4.28. The molecular weight excluding hydrogens is 353 g/mol. The second kappa shape index (κ2) is 8.61. The van der Waals surface area contributed by atoms with E-state index in [0.29, 0.717) is 6.54 Å². The molecule has 4 rings (SSSR count). The van der Waals surface area contributed by atoms with Gasteiger partial charge in [-0.2, -0.15) is 0 Å². The van der Waals surface area contributed by atoms with E-state index < -0.39 is 0 Å². The number of halogens is 1. The molecule has 2 aromatic carbocycles. The van der Waals surface area contributed by atoms with Crippen molar-refractivity contribution in [2.75, 3.05) is 13.1 Å². The molecule has 1 saturated heterocycles. The molecule has 0 spiro atoms. The normalized spacial score (nSPS) is 16.9. The molecule has 3 aromatic rings. The van der Waals surface area contributed by atoms with Crippen molar-refractivity contribution >= 4 is 0 Å². The maximum absolute atomic E-state index is 13.5. The van der Waals surface area contributed by atoms with Crippen molar-refractivity contribution in [2.24, 2.45) is 5.92 Å². The van der Waals surface area contributed by atoms with Crippen molar-refractivity contribution in [2.45, 2.75) is 38.8 Å². The lowest BCUT2D eigenvalue weighted by Gasteiger charge is -2.36. The predicted molar refractivity (Wildman–Crippen MR) is 106 cm³/mol. The largest absolute Gasteiger partial charge is 0.290 e. The lowest BCUT2D eigenvalue weighted by Crippen LogP contribution is -2.38. The summed E-state index contributed by atoms with van der Waals surface area (Å²) in [5, 5.41) is 12.6. The lowest BCUT2D eigenvalue weighted by atomic mass is 9.95. The minimum atomic E-state index is -0.224. The summed E-state index contributed by atoms with van der Waals surface area (Å²) in [5.41, 5.74) is 2.29. The summed E-state index contributed by atoms with van der Waals surface area (Å²) in [6.07, 6.45) is 3.18. The summed E-state index contributed by atoms with van der Waals surface area (Å²) in [7, 11) is 0. The molecule has 0 unspecified atom stereocenters. The Morgan fingerprint density at radius 1 is 1.04 bits per heavy atom. The van der Waals surface area contributed by atoms with E-state index in [2.05, 4.69) is 39.5 Å². The van der Waals surface area contributed by atoms with E-state index in [1.807, 2.05) is 35.0 Å². The van der Waals surface area contributed by atoms with Crippen LogP contribution in [0.25, 0.3) is 0 Å². The minimum absolute atomic E-state index is 0.0566. The molecule has 1 aromatic heterocycles. The fourth-order valence-electron chi connectivity index (χ4n) is 3.90. The van der Waals surface area contributed by atoms with E-state index in [0.717, 1.165) is 49.7 Å². The number of nitrogens with zero attached hydrogens (tertiary/aromatic N) is 5. The SMILES string of the molecule is CC1CCN([C@H](c2ccc(F)cc2)c2nnnn2CCc2ccccc2)CC1. The third-order valence-corrected chi connectivity index (χ3v) is 5.63. The molecule has 0 radical (unpaired) electrons. The van der Waals surface area contributed by atoms with Crippen molar-refractivity contribution in [1.29, 1.82) is 0 Å². The quantitative estimate of drug-likeness (QED) is 0.652. The topological polar surface area (TPSA) is 46.8 Å². The Morgan fingerprint density at radius 2 is 1.75 bits per heavy atom. The van der Waals surface area contributed by atoms with Crippen LogP contribution in [-0.4, -0.2) is 38.2 Å². The Morgan fingerprint density at radius 3 is 2.46 bits per heavy atom. The molecule has 0 aliphatic carbocycles. The van der Waals surface area contributed by atoms with Gasteiger partial charge in [-0.15, -0.1) is 5.10 Å². The number of tetrazole rings is 1. The Bertz CT molecular complexity index is 869. The third-order valence-electron chi connectivity index (χ3n) is 5.63. The summed E-state index contributed by atoms with van der Waals surface area (Å²) in [6.45, 7) is 5.01. The number of hydrogen-bond donors (Lipinski definition) is 0. The zero-order valence-corrected chi connectivity index (χ0v) is 16.2. The van der Waals surface area contributed by atoms with Gasteiger partial charge in [0.1, 0.15) is 5.82 Å². The van der Waals surface area contributed by atoms with Crippen molar-refractivity contribution < 1.29 is 4.39 Å². The van der Waals surface area contributed by atoms with Crippen molar-refractivity contribution in [3.8, 4) is 0 Å². The fraction of sp³-hybridized carbons (Fsp3) is 0.409. The zero-order chi connectivity index (χ0) is 19.3. The maximum atomic E-state index is 13.5. The van der Waals surface area contributed by atoms with Crippen LogP contribution in [0, 0.1) is 11.7 Å². The number of likely N-dealkylation sites (tertiary alicyclic amines) is 1. The molecule has 2 heterocycles. The van der Waals surface area contributed by atoms with Crippen LogP contribution in [0.1, 0.15) is 42.8 Å². The molecule has 146 valence electrons. The van der Waals surface area contributed by atoms with Gasteiger partial charge in [0.05, 0.1) is 6.04 Å². The first-order chi connectivity index (χ1) is 13.7. The van der Waals surface area contributed by atoms with Gasteiger partial charge >= 0.3 is 0 Å². The number of benzene rings is 2. The Labute approximate surface area is 165 Å². The summed E-state index contributed by atoms with van der Waals surface area (Å²) in [5.74, 6) is 1.34. The smallest absolute Gasteiger partial charge is 0.173 e. The van der Waals surface area contributed by atoms with E-state index in [1.54, 1.807) is 0 Å². The molecule has 28 heavy (non-hydrogen) atoms. The fourth-order valence-corrected chi connectivity index (χ4v) is 3.90. The summed E-state index contributed by atoms with van der Waals surface area (Å²) in [6, 6.07) is 17.1. The van der Waals surface area contributed by atoms with Gasteiger partial charge in [-0.05, 0) is 72.0 Å². The average molecular weight is 379 g/mol. The highest BCUT2D eigenvalue weighted by Crippen LogP contribution is 2.31. The van der Waals surface area contributed by atoms with Gasteiger partial charge in [0, 0.05) is 6.54 Å². The van der Waals surface area contributed by atoms with E-state index in [9.17, 15) is 4.39 Å². The molecule has 0 saturated carbocycles. The van der Waals surface area contributed by atoms with Gasteiger partial charge < -0.3 is 0 Å². The van der Waals surface area contributed by atoms with E-state index in [4.69, 9.17) is 0 Å². The highest BCUT2D eigenvalue weighted by Gasteiger charge is 2.30. The van der Waals surface area contributed by atoms with Crippen LogP contribution < -0.4 is 0 Å². The number of rotatable bonds is 6. The minimum Gasteiger partial charge on any atom is -0.290 e. The molecule has 1 aliphatic heterocycles. The first-order valence-corrected chi connectivity index (χ1v) is 10.00. The van der Waals surface area contributed by atoms with Crippen LogP contribution in [0.5, 0.6) is 0 Å². The van der Waals surface area contributed by atoms with Gasteiger partial charge in [-0.1, -0.05) is 49.4 Å². The molecule has 5 nitrogen and oxygen atoms in total. The van der Waals surface area contributed by atoms with Gasteiger partial charge in [0.25, 0.3) is 0 Å². The van der Waals surface area contributed by atoms with Gasteiger partial charge in [0.15, 0.2) is 5.82 Å². The summed E-state index contributed by atoms with van der Waals surface area (Å²) in [4.78, 5) is 2.43. The van der Waals surface area contributed by atoms with Crippen LogP contribution in [0.3, 0.4) is 0 Å². The molecule has 0 bridgehead atoms. The van der Waals surface area contributed by atoms with Crippen LogP contribution in [0.2, 0.25) is 0 Å². The molecule has 1 atom stereocenters. The monoisotopic (exact) mass is 379 g/mol. The Hall–Kier alpha value is -2.60. The first-order valence-electron chi connectivity index (χ1n) is 10.00. The summed E-state index contributed by atoms with van der Waals surface area (Å²) < 4.78 is 15.4. The molecule has 1 aliphatic rings. The Balaban J connectivity index is 1.61. The van der Waals surface area contributed by atoms with Crippen molar-refractivity contribution in [3.05, 3.63) is 77.4 Å². The van der Waals surface area contributed by atoms with Crippen molar-refractivity contribution in [3.63, 3.8) is 0 Å². The number of aromatic nitrogens is 4. The van der Waals surface area contributed by atoms with Crippen LogP contribution in [0.4, 0.5) is 4.39 Å². The molecule has 0 N–H and O–H groups in total. The van der Waals surface area contributed by atoms with Gasteiger partial charge in [-0.25, -0.2) is 9.07 Å².